The number of hydroxylamine groups is 1. The Morgan fingerprint density at radius 3 is 2.62 bits per heavy atom. The van der Waals surface area contributed by atoms with Crippen LogP contribution in [0, 0.1) is 0 Å². The van der Waals surface area contributed by atoms with Crippen molar-refractivity contribution in [2.45, 2.75) is 13.0 Å². The van der Waals surface area contributed by atoms with E-state index in [-0.39, 0.29) is 6.10 Å². The first-order valence-electron chi connectivity index (χ1n) is 11.2. The molecule has 2 aromatic carbocycles. The molecule has 0 aromatic heterocycles. The van der Waals surface area contributed by atoms with Crippen LogP contribution in [0.1, 0.15) is 28.4 Å². The maximum Gasteiger partial charge on any atom is 0.150 e. The third-order valence-electron chi connectivity index (χ3n) is 6.38. The summed E-state index contributed by atoms with van der Waals surface area (Å²) in [6, 6.07) is 16.0. The summed E-state index contributed by atoms with van der Waals surface area (Å²) in [5.74, 6) is 0.734. The number of aldehydes is 1. The Kier molecular flexibility index (Phi) is 6.08. The smallest absolute Gasteiger partial charge is 0.150 e. The van der Waals surface area contributed by atoms with Gasteiger partial charge < -0.3 is 4.74 Å². The highest BCUT2D eigenvalue weighted by atomic mass is 16.7. The molecule has 5 rings (SSSR count). The summed E-state index contributed by atoms with van der Waals surface area (Å²) in [5, 5.41) is 0. The zero-order valence-corrected chi connectivity index (χ0v) is 18.4. The van der Waals surface area contributed by atoms with E-state index in [1.807, 2.05) is 12.1 Å². The van der Waals surface area contributed by atoms with E-state index in [2.05, 4.69) is 58.6 Å². The number of ether oxygens (including phenoxy) is 1. The summed E-state index contributed by atoms with van der Waals surface area (Å²) in [6.07, 6.45) is 3.10. The number of piperazine rings is 1. The van der Waals surface area contributed by atoms with E-state index in [0.717, 1.165) is 68.1 Å². The van der Waals surface area contributed by atoms with Crippen molar-refractivity contribution in [3.05, 3.63) is 76.4 Å². The largest absolute Gasteiger partial charge is 0.488 e. The SMILES string of the molecule is CC(=Cc1ccccc1)CN1CCN(CC2ONC3=C2COc2cc(C=O)ccc23)CC1. The number of carbonyl (C=O) groups excluding carboxylic acids is 1. The molecule has 1 saturated heterocycles. The van der Waals surface area contributed by atoms with Crippen molar-refractivity contribution in [2.24, 2.45) is 0 Å². The van der Waals surface area contributed by atoms with Gasteiger partial charge in [-0.1, -0.05) is 48.0 Å². The Morgan fingerprint density at radius 1 is 1.06 bits per heavy atom. The minimum absolute atomic E-state index is 0.0184. The van der Waals surface area contributed by atoms with Gasteiger partial charge in [-0.3, -0.25) is 24.9 Å². The minimum atomic E-state index is -0.0184. The lowest BCUT2D eigenvalue weighted by molar-refractivity contribution is 0.0118. The third-order valence-corrected chi connectivity index (χ3v) is 6.38. The van der Waals surface area contributed by atoms with Gasteiger partial charge >= 0.3 is 0 Å². The first kappa shape index (κ1) is 20.9. The van der Waals surface area contributed by atoms with Crippen LogP contribution in [-0.2, 0) is 4.84 Å². The van der Waals surface area contributed by atoms with Crippen LogP contribution in [0.5, 0.6) is 5.75 Å². The molecule has 3 heterocycles. The van der Waals surface area contributed by atoms with Gasteiger partial charge in [0, 0.05) is 56.0 Å². The quantitative estimate of drug-likeness (QED) is 0.709. The van der Waals surface area contributed by atoms with E-state index in [1.165, 1.54) is 11.1 Å². The number of benzene rings is 2. The lowest BCUT2D eigenvalue weighted by atomic mass is 9.99. The van der Waals surface area contributed by atoms with Gasteiger partial charge in [0.2, 0.25) is 0 Å². The fraction of sp³-hybridized carbons (Fsp3) is 0.346. The molecular weight excluding hydrogens is 402 g/mol. The van der Waals surface area contributed by atoms with Crippen LogP contribution in [-0.4, -0.2) is 68.1 Å². The molecule has 0 bridgehead atoms. The first-order chi connectivity index (χ1) is 15.7. The zero-order chi connectivity index (χ0) is 21.9. The summed E-state index contributed by atoms with van der Waals surface area (Å²) in [4.78, 5) is 22.0. The van der Waals surface area contributed by atoms with Gasteiger partial charge in [0.05, 0.1) is 5.70 Å². The summed E-state index contributed by atoms with van der Waals surface area (Å²) >= 11 is 0. The second-order valence-corrected chi connectivity index (χ2v) is 8.75. The molecule has 0 amide bonds. The van der Waals surface area contributed by atoms with Crippen molar-refractivity contribution >= 4 is 18.1 Å². The molecule has 1 fully saturated rings. The van der Waals surface area contributed by atoms with Crippen LogP contribution in [0.2, 0.25) is 0 Å². The summed E-state index contributed by atoms with van der Waals surface area (Å²) in [7, 11) is 0. The number of nitrogens with one attached hydrogen (secondary N) is 1. The van der Waals surface area contributed by atoms with E-state index in [4.69, 9.17) is 9.57 Å². The second kappa shape index (κ2) is 9.28. The summed E-state index contributed by atoms with van der Waals surface area (Å²) in [6.45, 7) is 8.73. The predicted octanol–water partition coefficient (Wildman–Crippen LogP) is 3.23. The maximum absolute atomic E-state index is 11.0. The summed E-state index contributed by atoms with van der Waals surface area (Å²) in [5.41, 5.74) is 9.50. The van der Waals surface area contributed by atoms with Crippen molar-refractivity contribution in [1.29, 1.82) is 0 Å². The van der Waals surface area contributed by atoms with Crippen LogP contribution in [0.4, 0.5) is 0 Å². The highest BCUT2D eigenvalue weighted by Gasteiger charge is 2.34. The molecule has 166 valence electrons. The first-order valence-corrected chi connectivity index (χ1v) is 11.2. The molecule has 32 heavy (non-hydrogen) atoms. The molecular formula is C26H29N3O3. The van der Waals surface area contributed by atoms with Crippen molar-refractivity contribution in [1.82, 2.24) is 15.3 Å². The average molecular weight is 432 g/mol. The fourth-order valence-corrected chi connectivity index (χ4v) is 4.66. The topological polar surface area (TPSA) is 54.0 Å². The van der Waals surface area contributed by atoms with Crippen molar-refractivity contribution in [3.8, 4) is 5.75 Å². The molecule has 3 aliphatic rings. The molecule has 6 heteroatoms. The Hall–Kier alpha value is -2.93. The molecule has 6 nitrogen and oxygen atoms in total. The number of hydrogen-bond acceptors (Lipinski definition) is 6. The monoisotopic (exact) mass is 431 g/mol. The van der Waals surface area contributed by atoms with Gasteiger partial charge in [0.15, 0.2) is 0 Å². The number of fused-ring (bicyclic) bond motifs is 2. The average Bonchev–Trinajstić information content (AvgIpc) is 3.23. The predicted molar refractivity (Wildman–Crippen MR) is 125 cm³/mol. The van der Waals surface area contributed by atoms with E-state index >= 15 is 0 Å². The highest BCUT2D eigenvalue weighted by molar-refractivity contribution is 5.81. The van der Waals surface area contributed by atoms with Gasteiger partial charge in [0.25, 0.3) is 0 Å². The number of hydrogen-bond donors (Lipinski definition) is 1. The molecule has 1 N–H and O–H groups in total. The highest BCUT2D eigenvalue weighted by Crippen LogP contribution is 2.37. The van der Waals surface area contributed by atoms with Gasteiger partial charge in [-0.05, 0) is 24.6 Å². The third kappa shape index (κ3) is 4.48. The van der Waals surface area contributed by atoms with E-state index in [1.54, 1.807) is 6.07 Å². The van der Waals surface area contributed by atoms with E-state index < -0.39 is 0 Å². The second-order valence-electron chi connectivity index (χ2n) is 8.75. The van der Waals surface area contributed by atoms with E-state index in [0.29, 0.717) is 12.2 Å². The Morgan fingerprint density at radius 2 is 1.84 bits per heavy atom. The number of nitrogens with zero attached hydrogens (tertiary/aromatic N) is 2. The molecule has 0 radical (unpaired) electrons. The van der Waals surface area contributed by atoms with Gasteiger partial charge in [-0.2, -0.15) is 0 Å². The molecule has 0 aliphatic carbocycles. The summed E-state index contributed by atoms with van der Waals surface area (Å²) < 4.78 is 5.94. The Balaban J connectivity index is 1.16. The molecule has 0 spiro atoms. The van der Waals surface area contributed by atoms with Crippen LogP contribution in [0.3, 0.4) is 0 Å². The normalized spacial score (nSPS) is 21.5. The number of carbonyl (C=O) groups is 1. The zero-order valence-electron chi connectivity index (χ0n) is 18.4. The molecule has 1 unspecified atom stereocenters. The fourth-order valence-electron chi connectivity index (χ4n) is 4.66. The lowest BCUT2D eigenvalue weighted by Gasteiger charge is -2.36. The van der Waals surface area contributed by atoms with Crippen LogP contribution in [0.25, 0.3) is 11.8 Å². The molecule has 1 atom stereocenters. The Labute approximate surface area is 189 Å². The van der Waals surface area contributed by atoms with Crippen molar-refractivity contribution < 1.29 is 14.4 Å². The molecule has 3 aliphatic heterocycles. The standard InChI is InChI=1S/C26H29N3O3/c1-19(13-20-5-3-2-4-6-20)15-28-9-11-29(12-10-28)16-25-23-18-31-24-14-21(17-30)7-8-22(24)26(23)27-32-25/h2-8,13-14,17,25,27H,9-12,15-16,18H2,1H3. The number of rotatable bonds is 6. The van der Waals surface area contributed by atoms with Gasteiger partial charge in [0.1, 0.15) is 24.7 Å². The maximum atomic E-state index is 11.0. The van der Waals surface area contributed by atoms with Gasteiger partial charge in [-0.25, -0.2) is 0 Å². The van der Waals surface area contributed by atoms with Gasteiger partial charge in [-0.15, -0.1) is 0 Å². The van der Waals surface area contributed by atoms with Crippen LogP contribution in [0.15, 0.2) is 59.7 Å². The van der Waals surface area contributed by atoms with Crippen LogP contribution < -0.4 is 10.2 Å². The van der Waals surface area contributed by atoms with Crippen molar-refractivity contribution in [2.75, 3.05) is 45.9 Å². The minimum Gasteiger partial charge on any atom is -0.488 e. The van der Waals surface area contributed by atoms with E-state index in [9.17, 15) is 4.79 Å². The van der Waals surface area contributed by atoms with Crippen LogP contribution >= 0.6 is 0 Å². The molecule has 0 saturated carbocycles. The van der Waals surface area contributed by atoms with Crippen molar-refractivity contribution in [3.63, 3.8) is 0 Å². The lowest BCUT2D eigenvalue weighted by Crippen LogP contribution is -2.49. The Bertz CT molecular complexity index is 1040. The molecule has 2 aromatic rings.